The Hall–Kier alpha value is -7.21. The fraction of sp³-hybridized carbons (Fsp3) is 0.0192. The number of hydrogen-bond donors (Lipinski definition) is 0. The molecular formula is C52H31N3OS. The van der Waals surface area contributed by atoms with E-state index in [1.165, 1.54) is 43.3 Å². The van der Waals surface area contributed by atoms with E-state index in [1.54, 1.807) is 11.3 Å². The van der Waals surface area contributed by atoms with Crippen LogP contribution in [0.5, 0.6) is 0 Å². The Labute approximate surface area is 332 Å². The summed E-state index contributed by atoms with van der Waals surface area (Å²) in [5.74, 6) is 1.91. The van der Waals surface area contributed by atoms with Crippen LogP contribution in [0.25, 0.3) is 87.4 Å². The molecule has 0 saturated carbocycles. The summed E-state index contributed by atoms with van der Waals surface area (Å²) in [4.78, 5) is 16.9. The molecule has 266 valence electrons. The van der Waals surface area contributed by atoms with Gasteiger partial charge in [-0.2, -0.15) is 0 Å². The number of nitrogens with zero attached hydrogens (tertiary/aromatic N) is 3. The maximum atomic E-state index is 6.40. The SMILES string of the molecule is c1ccc(C2(c3ccccc3)c3ccccc3-c3c(-c4nc(-c5ccc6oc7cc8ccccc8cc7c6c5)nc(-c5cc6ccccc6s5)n4)cccc32)cc1. The summed E-state index contributed by atoms with van der Waals surface area (Å²) < 4.78 is 7.59. The molecule has 0 bridgehead atoms. The second-order valence-electron chi connectivity index (χ2n) is 14.7. The predicted octanol–water partition coefficient (Wildman–Crippen LogP) is 13.5. The van der Waals surface area contributed by atoms with Crippen LogP contribution < -0.4 is 0 Å². The topological polar surface area (TPSA) is 51.8 Å². The Kier molecular flexibility index (Phi) is 6.98. The van der Waals surface area contributed by atoms with E-state index in [-0.39, 0.29) is 0 Å². The van der Waals surface area contributed by atoms with E-state index in [0.717, 1.165) is 48.9 Å². The lowest BCUT2D eigenvalue weighted by atomic mass is 9.67. The molecular weight excluding hydrogens is 715 g/mol. The van der Waals surface area contributed by atoms with Gasteiger partial charge in [0.2, 0.25) is 0 Å². The summed E-state index contributed by atoms with van der Waals surface area (Å²) in [6, 6.07) is 66.9. The first kappa shape index (κ1) is 32.1. The van der Waals surface area contributed by atoms with Crippen molar-refractivity contribution in [2.75, 3.05) is 0 Å². The first-order chi connectivity index (χ1) is 28.2. The molecule has 4 nitrogen and oxygen atoms in total. The highest BCUT2D eigenvalue weighted by Crippen LogP contribution is 2.58. The maximum absolute atomic E-state index is 6.40. The summed E-state index contributed by atoms with van der Waals surface area (Å²) in [6.07, 6.45) is 0. The average Bonchev–Trinajstić information content (AvgIpc) is 3.96. The van der Waals surface area contributed by atoms with Crippen LogP contribution in [0.1, 0.15) is 22.3 Å². The second-order valence-corrected chi connectivity index (χ2v) is 15.8. The van der Waals surface area contributed by atoms with Crippen LogP contribution in [0, 0.1) is 0 Å². The Balaban J connectivity index is 1.12. The summed E-state index contributed by atoms with van der Waals surface area (Å²) in [5.41, 5.74) is 10.2. The fourth-order valence-corrected chi connectivity index (χ4v) is 10.1. The molecule has 0 aliphatic heterocycles. The molecule has 0 saturated heterocycles. The number of rotatable bonds is 5. The third-order valence-electron chi connectivity index (χ3n) is 11.6. The molecule has 5 heteroatoms. The van der Waals surface area contributed by atoms with E-state index in [0.29, 0.717) is 17.5 Å². The van der Waals surface area contributed by atoms with Gasteiger partial charge in [-0.1, -0.05) is 146 Å². The molecule has 3 heterocycles. The predicted molar refractivity (Wildman–Crippen MR) is 234 cm³/mol. The summed E-state index contributed by atoms with van der Waals surface area (Å²) in [7, 11) is 0. The minimum Gasteiger partial charge on any atom is -0.456 e. The standard InChI is InChI=1S/C52H31N3OS/c1-3-17-36(18-4-1)52(37-19-5-2-6-20-37)42-23-11-10-21-38(42)48-39(22-13-24-43(48)52)50-53-49(54-51(55-50)47-31-34-16-9-12-25-46(34)57-47)35-26-27-44-40(29-35)41-28-32-14-7-8-15-33(32)30-45(41)56-44/h1-31H. The molecule has 0 fully saturated rings. The van der Waals surface area contributed by atoms with Crippen LogP contribution >= 0.6 is 11.3 Å². The van der Waals surface area contributed by atoms with Gasteiger partial charge in [-0.15, -0.1) is 11.3 Å². The van der Waals surface area contributed by atoms with Crippen LogP contribution in [-0.2, 0) is 5.41 Å². The minimum atomic E-state index is -0.536. The van der Waals surface area contributed by atoms with Gasteiger partial charge in [0.25, 0.3) is 0 Å². The molecule has 0 unspecified atom stereocenters. The zero-order valence-electron chi connectivity index (χ0n) is 30.6. The number of hydrogen-bond acceptors (Lipinski definition) is 5. The zero-order valence-corrected chi connectivity index (χ0v) is 31.4. The molecule has 0 spiro atoms. The van der Waals surface area contributed by atoms with E-state index in [2.05, 4.69) is 182 Å². The van der Waals surface area contributed by atoms with Gasteiger partial charge < -0.3 is 4.42 Å². The van der Waals surface area contributed by atoms with Crippen molar-refractivity contribution in [3.05, 3.63) is 210 Å². The monoisotopic (exact) mass is 745 g/mol. The molecule has 0 N–H and O–H groups in total. The summed E-state index contributed by atoms with van der Waals surface area (Å²) >= 11 is 1.71. The van der Waals surface area contributed by atoms with Crippen molar-refractivity contribution in [1.29, 1.82) is 0 Å². The minimum absolute atomic E-state index is 0.536. The molecule has 3 aromatic heterocycles. The smallest absolute Gasteiger partial charge is 0.174 e. The lowest BCUT2D eigenvalue weighted by Crippen LogP contribution is -2.28. The van der Waals surface area contributed by atoms with Gasteiger partial charge in [-0.25, -0.2) is 15.0 Å². The normalized spacial score (nSPS) is 13.1. The largest absolute Gasteiger partial charge is 0.456 e. The molecule has 8 aromatic carbocycles. The maximum Gasteiger partial charge on any atom is 0.174 e. The van der Waals surface area contributed by atoms with Crippen molar-refractivity contribution in [3.8, 4) is 44.6 Å². The summed E-state index contributed by atoms with van der Waals surface area (Å²) in [5, 5.41) is 5.60. The van der Waals surface area contributed by atoms with Gasteiger partial charge in [-0.3, -0.25) is 0 Å². The fourth-order valence-electron chi connectivity index (χ4n) is 9.11. The number of aromatic nitrogens is 3. The van der Waals surface area contributed by atoms with Crippen molar-refractivity contribution < 1.29 is 4.42 Å². The Morgan fingerprint density at radius 2 is 1.04 bits per heavy atom. The van der Waals surface area contributed by atoms with Gasteiger partial charge in [0.05, 0.1) is 10.3 Å². The van der Waals surface area contributed by atoms with Crippen molar-refractivity contribution in [2.45, 2.75) is 5.41 Å². The first-order valence-electron chi connectivity index (χ1n) is 19.2. The molecule has 57 heavy (non-hydrogen) atoms. The van der Waals surface area contributed by atoms with Crippen LogP contribution in [0.15, 0.2) is 192 Å². The van der Waals surface area contributed by atoms with E-state index in [4.69, 9.17) is 19.4 Å². The van der Waals surface area contributed by atoms with Crippen molar-refractivity contribution in [2.24, 2.45) is 0 Å². The number of fused-ring (bicyclic) bond motifs is 8. The third kappa shape index (κ3) is 4.82. The second kappa shape index (κ2) is 12.4. The van der Waals surface area contributed by atoms with E-state index in [9.17, 15) is 0 Å². The van der Waals surface area contributed by atoms with E-state index in [1.807, 2.05) is 6.07 Å². The molecule has 0 atom stereocenters. The molecule has 1 aliphatic carbocycles. The van der Waals surface area contributed by atoms with Gasteiger partial charge in [0.15, 0.2) is 17.5 Å². The van der Waals surface area contributed by atoms with Gasteiger partial charge in [0.1, 0.15) is 11.2 Å². The van der Waals surface area contributed by atoms with Gasteiger partial charge >= 0.3 is 0 Å². The summed E-state index contributed by atoms with van der Waals surface area (Å²) in [6.45, 7) is 0. The third-order valence-corrected chi connectivity index (χ3v) is 12.7. The first-order valence-corrected chi connectivity index (χ1v) is 20.0. The quantitative estimate of drug-likeness (QED) is 0.176. The highest BCUT2D eigenvalue weighted by molar-refractivity contribution is 7.22. The number of furan rings is 1. The van der Waals surface area contributed by atoms with Crippen LogP contribution in [0.2, 0.25) is 0 Å². The molecule has 1 aliphatic rings. The molecule has 0 radical (unpaired) electrons. The van der Waals surface area contributed by atoms with Gasteiger partial charge in [-0.05, 0) is 92.0 Å². The van der Waals surface area contributed by atoms with E-state index >= 15 is 0 Å². The van der Waals surface area contributed by atoms with Crippen molar-refractivity contribution in [3.63, 3.8) is 0 Å². The number of benzene rings is 8. The van der Waals surface area contributed by atoms with Crippen molar-refractivity contribution in [1.82, 2.24) is 15.0 Å². The van der Waals surface area contributed by atoms with Gasteiger partial charge in [0, 0.05) is 26.6 Å². The van der Waals surface area contributed by atoms with E-state index < -0.39 is 5.41 Å². The van der Waals surface area contributed by atoms with Crippen LogP contribution in [0.3, 0.4) is 0 Å². The Bertz CT molecular complexity index is 3290. The number of thiophene rings is 1. The Morgan fingerprint density at radius 1 is 0.421 bits per heavy atom. The molecule has 11 aromatic rings. The lowest BCUT2D eigenvalue weighted by Gasteiger charge is -2.33. The zero-order chi connectivity index (χ0) is 37.5. The Morgan fingerprint density at radius 3 is 1.82 bits per heavy atom. The van der Waals surface area contributed by atoms with Crippen molar-refractivity contribution >= 4 is 54.1 Å². The van der Waals surface area contributed by atoms with Crippen LogP contribution in [0.4, 0.5) is 0 Å². The lowest BCUT2D eigenvalue weighted by molar-refractivity contribution is 0.669. The average molecular weight is 746 g/mol. The molecule has 12 rings (SSSR count). The highest BCUT2D eigenvalue weighted by atomic mass is 32.1. The molecule has 0 amide bonds. The van der Waals surface area contributed by atoms with Crippen LogP contribution in [-0.4, -0.2) is 15.0 Å². The highest BCUT2D eigenvalue weighted by Gasteiger charge is 2.47.